The monoisotopic (exact) mass is 405 g/mol. The number of amides is 1. The third-order valence-electron chi connectivity index (χ3n) is 5.72. The first-order chi connectivity index (χ1) is 14.7. The molecule has 1 saturated carbocycles. The van der Waals surface area contributed by atoms with Gasteiger partial charge in [-0.3, -0.25) is 4.79 Å². The Hall–Kier alpha value is -3.69. The average molecular weight is 405 g/mol. The molecule has 0 aromatic carbocycles. The molecule has 2 aliphatic rings. The van der Waals surface area contributed by atoms with Crippen molar-refractivity contribution in [1.29, 1.82) is 0 Å². The highest BCUT2D eigenvalue weighted by atomic mass is 16.5. The van der Waals surface area contributed by atoms with Crippen LogP contribution in [0.4, 0.5) is 0 Å². The minimum Gasteiger partial charge on any atom is -0.494 e. The number of hydrogen-bond donors (Lipinski definition) is 1. The summed E-state index contributed by atoms with van der Waals surface area (Å²) in [7, 11) is 1.62. The zero-order valence-electron chi connectivity index (χ0n) is 16.3. The number of ether oxygens (including phenoxy) is 1. The Bertz CT molecular complexity index is 1250. The summed E-state index contributed by atoms with van der Waals surface area (Å²) < 4.78 is 12.9. The van der Waals surface area contributed by atoms with Crippen molar-refractivity contribution in [3.05, 3.63) is 59.6 Å². The lowest BCUT2D eigenvalue weighted by atomic mass is 9.99. The topological polar surface area (TPSA) is 114 Å². The lowest BCUT2D eigenvalue weighted by Gasteiger charge is -2.32. The second kappa shape index (κ2) is 6.41. The largest absolute Gasteiger partial charge is 0.494 e. The number of hydrogen-bond acceptors (Lipinski definition) is 7. The lowest BCUT2D eigenvalue weighted by Crippen LogP contribution is -2.41. The van der Waals surface area contributed by atoms with Crippen molar-refractivity contribution in [2.75, 3.05) is 13.7 Å². The molecular weight excluding hydrogens is 386 g/mol. The molecule has 152 valence electrons. The number of fused-ring (bicyclic) bond motifs is 2. The fourth-order valence-electron chi connectivity index (χ4n) is 4.05. The van der Waals surface area contributed by atoms with Crippen LogP contribution in [0.25, 0.3) is 5.52 Å². The van der Waals surface area contributed by atoms with Crippen LogP contribution >= 0.6 is 0 Å². The molecule has 0 radical (unpaired) electrons. The molecule has 1 amide bonds. The minimum atomic E-state index is -0.464. The lowest BCUT2D eigenvalue weighted by molar-refractivity contribution is 0.0644. The van der Waals surface area contributed by atoms with E-state index in [0.717, 1.165) is 29.7 Å². The summed E-state index contributed by atoms with van der Waals surface area (Å²) in [6.07, 6.45) is 6.23. The third-order valence-corrected chi connectivity index (χ3v) is 5.72. The molecule has 0 unspecified atom stereocenters. The van der Waals surface area contributed by atoms with E-state index in [2.05, 4.69) is 20.2 Å². The van der Waals surface area contributed by atoms with Gasteiger partial charge in [-0.25, -0.2) is 9.50 Å². The zero-order chi connectivity index (χ0) is 20.2. The summed E-state index contributed by atoms with van der Waals surface area (Å²) in [5.74, 6) is 1.25. The first kappa shape index (κ1) is 17.2. The summed E-state index contributed by atoms with van der Waals surface area (Å²) in [5.41, 5.74) is 3.29. The fourth-order valence-corrected chi connectivity index (χ4v) is 4.05. The number of nitrogens with one attached hydrogen (secondary N) is 1. The van der Waals surface area contributed by atoms with Gasteiger partial charge in [0.1, 0.15) is 17.3 Å². The summed E-state index contributed by atoms with van der Waals surface area (Å²) in [4.78, 5) is 22.7. The minimum absolute atomic E-state index is 0.0160. The van der Waals surface area contributed by atoms with E-state index in [1.807, 2.05) is 24.4 Å². The molecule has 10 heteroatoms. The van der Waals surface area contributed by atoms with E-state index in [9.17, 15) is 4.79 Å². The zero-order valence-corrected chi connectivity index (χ0v) is 16.3. The highest BCUT2D eigenvalue weighted by molar-refractivity contribution is 5.90. The molecule has 4 aromatic heterocycles. The number of H-pyrrole nitrogens is 1. The van der Waals surface area contributed by atoms with E-state index in [0.29, 0.717) is 36.2 Å². The Balaban J connectivity index is 1.44. The maximum absolute atomic E-state index is 13.3. The van der Waals surface area contributed by atoms with Crippen molar-refractivity contribution in [1.82, 2.24) is 34.7 Å². The molecule has 30 heavy (non-hydrogen) atoms. The molecule has 1 fully saturated rings. The number of carbonyl (C=O) groups is 1. The maximum atomic E-state index is 13.3. The number of imidazole rings is 1. The van der Waals surface area contributed by atoms with Gasteiger partial charge in [-0.15, -0.1) is 10.2 Å². The van der Waals surface area contributed by atoms with Gasteiger partial charge in [-0.2, -0.15) is 5.10 Å². The highest BCUT2D eigenvalue weighted by Crippen LogP contribution is 2.40. The normalized spacial score (nSPS) is 18.6. The molecule has 0 bridgehead atoms. The Labute approximate surface area is 170 Å². The smallest absolute Gasteiger partial charge is 0.312 e. The number of rotatable bonds is 4. The molecule has 1 aliphatic carbocycles. The molecule has 1 atom stereocenters. The van der Waals surface area contributed by atoms with Crippen LogP contribution in [0, 0.1) is 0 Å². The molecule has 4 aromatic rings. The summed E-state index contributed by atoms with van der Waals surface area (Å²) >= 11 is 0. The first-order valence-electron chi connectivity index (χ1n) is 9.91. The molecular formula is C20H19N7O3. The van der Waals surface area contributed by atoms with E-state index >= 15 is 0 Å². The Morgan fingerprint density at radius 1 is 1.33 bits per heavy atom. The van der Waals surface area contributed by atoms with Gasteiger partial charge < -0.3 is 19.0 Å². The predicted molar refractivity (Wildman–Crippen MR) is 103 cm³/mol. The summed E-state index contributed by atoms with van der Waals surface area (Å²) in [6, 6.07) is 5.21. The van der Waals surface area contributed by atoms with Crippen LogP contribution in [0.3, 0.4) is 0 Å². The Morgan fingerprint density at radius 2 is 2.23 bits per heavy atom. The Morgan fingerprint density at radius 3 is 3.07 bits per heavy atom. The maximum Gasteiger partial charge on any atom is 0.312 e. The standard InChI is InChI=1S/C20H19N7O3/c1-29-15-3-2-7-27-14(15)9-13(25-27)17-16-12(21-10-22-16)6-8-26(17)20(28)19-24-23-18(30-19)11-4-5-11/h2-3,7,9-11,17H,4-6,8H2,1H3,(H,21,22)/t17-/m1/s1. The summed E-state index contributed by atoms with van der Waals surface area (Å²) in [5, 5.41) is 12.8. The van der Waals surface area contributed by atoms with Gasteiger partial charge >= 0.3 is 11.8 Å². The fraction of sp³-hybridized carbons (Fsp3) is 0.350. The van der Waals surface area contributed by atoms with Crippen molar-refractivity contribution in [2.45, 2.75) is 31.2 Å². The van der Waals surface area contributed by atoms with Crippen LogP contribution in [-0.2, 0) is 6.42 Å². The van der Waals surface area contributed by atoms with Gasteiger partial charge in [-0.1, -0.05) is 0 Å². The number of aromatic nitrogens is 6. The predicted octanol–water partition coefficient (Wildman–Crippen LogP) is 2.11. The number of aromatic amines is 1. The number of pyridine rings is 1. The molecule has 5 heterocycles. The average Bonchev–Trinajstić information content (AvgIpc) is 3.19. The van der Waals surface area contributed by atoms with Crippen LogP contribution in [0.5, 0.6) is 5.75 Å². The van der Waals surface area contributed by atoms with Gasteiger partial charge in [-0.05, 0) is 31.0 Å². The number of carbonyl (C=O) groups excluding carboxylic acids is 1. The van der Waals surface area contributed by atoms with Crippen LogP contribution < -0.4 is 4.74 Å². The Kier molecular flexibility index (Phi) is 3.67. The van der Waals surface area contributed by atoms with Gasteiger partial charge in [0.15, 0.2) is 0 Å². The molecule has 0 saturated heterocycles. The van der Waals surface area contributed by atoms with E-state index in [-0.39, 0.29) is 11.8 Å². The van der Waals surface area contributed by atoms with E-state index in [4.69, 9.17) is 14.3 Å². The molecule has 6 rings (SSSR count). The van der Waals surface area contributed by atoms with Crippen molar-refractivity contribution in [2.24, 2.45) is 0 Å². The molecule has 1 aliphatic heterocycles. The van der Waals surface area contributed by atoms with Gasteiger partial charge in [0.05, 0.1) is 24.8 Å². The molecule has 0 spiro atoms. The number of methoxy groups -OCH3 is 1. The van der Waals surface area contributed by atoms with E-state index < -0.39 is 6.04 Å². The van der Waals surface area contributed by atoms with Crippen molar-refractivity contribution in [3.63, 3.8) is 0 Å². The quantitative estimate of drug-likeness (QED) is 0.553. The SMILES string of the molecule is COc1cccn2nc([C@@H]3c4nc[nH]c4CCN3C(=O)c3nnc(C4CC4)o3)cc12. The molecule has 10 nitrogen and oxygen atoms in total. The van der Waals surface area contributed by atoms with Crippen LogP contribution in [0.15, 0.2) is 35.1 Å². The van der Waals surface area contributed by atoms with Crippen LogP contribution in [0.2, 0.25) is 0 Å². The van der Waals surface area contributed by atoms with Gasteiger partial charge in [0.2, 0.25) is 5.89 Å². The highest BCUT2D eigenvalue weighted by Gasteiger charge is 2.39. The second-order valence-electron chi connectivity index (χ2n) is 7.61. The van der Waals surface area contributed by atoms with Gasteiger partial charge in [0.25, 0.3) is 0 Å². The van der Waals surface area contributed by atoms with Gasteiger partial charge in [0, 0.05) is 30.8 Å². The van der Waals surface area contributed by atoms with Crippen LogP contribution in [-0.4, -0.2) is 54.2 Å². The van der Waals surface area contributed by atoms with Crippen molar-refractivity contribution in [3.8, 4) is 5.75 Å². The van der Waals surface area contributed by atoms with E-state index in [1.165, 1.54) is 0 Å². The van der Waals surface area contributed by atoms with Crippen molar-refractivity contribution >= 4 is 11.4 Å². The van der Waals surface area contributed by atoms with Crippen molar-refractivity contribution < 1.29 is 13.9 Å². The number of nitrogens with zero attached hydrogens (tertiary/aromatic N) is 6. The second-order valence-corrected chi connectivity index (χ2v) is 7.61. The third kappa shape index (κ3) is 2.60. The summed E-state index contributed by atoms with van der Waals surface area (Å²) in [6.45, 7) is 0.491. The van der Waals surface area contributed by atoms with E-state index in [1.54, 1.807) is 22.9 Å². The molecule has 1 N–H and O–H groups in total. The van der Waals surface area contributed by atoms with Crippen LogP contribution in [0.1, 0.15) is 58.5 Å². The first-order valence-corrected chi connectivity index (χ1v) is 9.91.